The minimum atomic E-state index is -3.63. The molecule has 0 heterocycles. The third-order valence-electron chi connectivity index (χ3n) is 3.54. The third kappa shape index (κ3) is 3.59. The summed E-state index contributed by atoms with van der Waals surface area (Å²) in [6.07, 6.45) is 0. The van der Waals surface area contributed by atoms with Crippen molar-refractivity contribution in [2.75, 3.05) is 25.1 Å². The van der Waals surface area contributed by atoms with Crippen molar-refractivity contribution in [2.45, 2.75) is 18.7 Å². The van der Waals surface area contributed by atoms with Crippen LogP contribution in [-0.2, 0) is 10.0 Å². The molecule has 2 rings (SSSR count). The molecule has 0 aliphatic carbocycles. The third-order valence-corrected chi connectivity index (χ3v) is 5.32. The van der Waals surface area contributed by atoms with Crippen LogP contribution in [0.15, 0.2) is 47.4 Å². The van der Waals surface area contributed by atoms with E-state index in [1.165, 1.54) is 11.4 Å². The minimum Gasteiger partial charge on any atom is -0.496 e. The largest absolute Gasteiger partial charge is 0.496 e. The Labute approximate surface area is 137 Å². The second kappa shape index (κ2) is 6.91. The predicted molar refractivity (Wildman–Crippen MR) is 90.9 cm³/mol. The molecule has 6 heteroatoms. The zero-order chi connectivity index (χ0) is 17.0. The molecule has 5 nitrogen and oxygen atoms in total. The summed E-state index contributed by atoms with van der Waals surface area (Å²) >= 11 is 0. The average molecular weight is 335 g/mol. The molecular weight excluding hydrogens is 314 g/mol. The number of methoxy groups -OCH3 is 1. The van der Waals surface area contributed by atoms with Gasteiger partial charge < -0.3 is 9.47 Å². The highest BCUT2D eigenvalue weighted by Gasteiger charge is 2.22. The van der Waals surface area contributed by atoms with Crippen LogP contribution < -0.4 is 13.8 Å². The quantitative estimate of drug-likeness (QED) is 0.813. The molecule has 0 saturated heterocycles. The van der Waals surface area contributed by atoms with Crippen LogP contribution in [0.4, 0.5) is 5.69 Å². The summed E-state index contributed by atoms with van der Waals surface area (Å²) in [5, 5.41) is 0. The van der Waals surface area contributed by atoms with Gasteiger partial charge in [-0.3, -0.25) is 4.31 Å². The Kier molecular flexibility index (Phi) is 5.15. The monoisotopic (exact) mass is 335 g/mol. The number of nitrogens with zero attached hydrogens (tertiary/aromatic N) is 1. The molecule has 124 valence electrons. The first kappa shape index (κ1) is 17.1. The van der Waals surface area contributed by atoms with Gasteiger partial charge in [-0.2, -0.15) is 0 Å². The number of ether oxygens (including phenoxy) is 2. The molecule has 0 unspecified atom stereocenters. The van der Waals surface area contributed by atoms with Crippen molar-refractivity contribution in [3.63, 3.8) is 0 Å². The Balaban J connectivity index is 2.32. The Morgan fingerprint density at radius 3 is 2.26 bits per heavy atom. The van der Waals surface area contributed by atoms with Gasteiger partial charge in [0.2, 0.25) is 0 Å². The van der Waals surface area contributed by atoms with E-state index in [1.54, 1.807) is 49.6 Å². The fourth-order valence-corrected chi connectivity index (χ4v) is 3.51. The number of hydrogen-bond donors (Lipinski definition) is 0. The molecule has 0 bridgehead atoms. The van der Waals surface area contributed by atoms with Crippen molar-refractivity contribution in [2.24, 2.45) is 0 Å². The minimum absolute atomic E-state index is 0.229. The van der Waals surface area contributed by atoms with Crippen molar-refractivity contribution in [3.05, 3.63) is 48.0 Å². The molecule has 0 aliphatic rings. The topological polar surface area (TPSA) is 55.8 Å². The molecule has 0 saturated carbocycles. The van der Waals surface area contributed by atoms with Crippen molar-refractivity contribution in [3.8, 4) is 11.5 Å². The maximum absolute atomic E-state index is 12.7. The van der Waals surface area contributed by atoms with Gasteiger partial charge in [-0.25, -0.2) is 8.42 Å². The van der Waals surface area contributed by atoms with Crippen LogP contribution in [0.2, 0.25) is 0 Å². The van der Waals surface area contributed by atoms with E-state index in [4.69, 9.17) is 9.47 Å². The number of benzene rings is 2. The number of aryl methyl sites for hydroxylation is 1. The van der Waals surface area contributed by atoms with E-state index >= 15 is 0 Å². The van der Waals surface area contributed by atoms with Crippen LogP contribution in [0.25, 0.3) is 0 Å². The smallest absolute Gasteiger partial charge is 0.264 e. The first-order valence-electron chi connectivity index (χ1n) is 7.26. The van der Waals surface area contributed by atoms with Crippen molar-refractivity contribution in [1.82, 2.24) is 0 Å². The molecule has 2 aromatic carbocycles. The lowest BCUT2D eigenvalue weighted by atomic mass is 10.2. The Hall–Kier alpha value is -2.21. The lowest BCUT2D eigenvalue weighted by Crippen LogP contribution is -2.26. The highest BCUT2D eigenvalue weighted by atomic mass is 32.2. The summed E-state index contributed by atoms with van der Waals surface area (Å²) in [5.41, 5.74) is 1.34. The second-order valence-corrected chi connectivity index (χ2v) is 7.00. The van der Waals surface area contributed by atoms with Crippen LogP contribution in [0.3, 0.4) is 0 Å². The fraction of sp³-hybridized carbons (Fsp3) is 0.294. The van der Waals surface area contributed by atoms with Gasteiger partial charge in [0, 0.05) is 7.05 Å². The summed E-state index contributed by atoms with van der Waals surface area (Å²) in [4.78, 5) is 0.229. The van der Waals surface area contributed by atoms with Gasteiger partial charge in [-0.05, 0) is 61.9 Å². The Bertz CT molecular complexity index is 770. The lowest BCUT2D eigenvalue weighted by Gasteiger charge is -2.20. The summed E-state index contributed by atoms with van der Waals surface area (Å²) < 4.78 is 37.3. The summed E-state index contributed by atoms with van der Waals surface area (Å²) in [7, 11) is -0.537. The van der Waals surface area contributed by atoms with Gasteiger partial charge in [-0.1, -0.05) is 0 Å². The summed E-state index contributed by atoms with van der Waals surface area (Å²) in [6, 6.07) is 11.8. The van der Waals surface area contributed by atoms with Crippen molar-refractivity contribution in [1.29, 1.82) is 0 Å². The van der Waals surface area contributed by atoms with Gasteiger partial charge in [0.1, 0.15) is 11.5 Å². The first-order valence-corrected chi connectivity index (χ1v) is 8.70. The lowest BCUT2D eigenvalue weighted by molar-refractivity contribution is 0.340. The molecule has 0 aliphatic heterocycles. The maximum Gasteiger partial charge on any atom is 0.264 e. The van der Waals surface area contributed by atoms with Crippen LogP contribution in [0, 0.1) is 6.92 Å². The fourth-order valence-electron chi connectivity index (χ4n) is 2.23. The second-order valence-electron chi connectivity index (χ2n) is 5.03. The molecular formula is C17H21NO4S. The Morgan fingerprint density at radius 2 is 1.74 bits per heavy atom. The van der Waals surface area contributed by atoms with Crippen LogP contribution in [-0.4, -0.2) is 29.2 Å². The standard InChI is InChI=1S/C17H21NO4S/c1-5-22-15-8-6-14(7-9-15)18(3)23(19,20)16-10-11-17(21-4)13(2)12-16/h6-12H,5H2,1-4H3. The Morgan fingerprint density at radius 1 is 1.09 bits per heavy atom. The van der Waals surface area contributed by atoms with E-state index < -0.39 is 10.0 Å². The normalized spacial score (nSPS) is 11.1. The molecule has 0 radical (unpaired) electrons. The zero-order valence-electron chi connectivity index (χ0n) is 13.7. The maximum atomic E-state index is 12.7. The van der Waals surface area contributed by atoms with E-state index in [0.29, 0.717) is 23.8 Å². The molecule has 23 heavy (non-hydrogen) atoms. The highest BCUT2D eigenvalue weighted by molar-refractivity contribution is 7.92. The number of sulfonamides is 1. The molecule has 2 aromatic rings. The molecule has 0 aromatic heterocycles. The van der Waals surface area contributed by atoms with Gasteiger partial charge in [0.05, 0.1) is 24.3 Å². The van der Waals surface area contributed by atoms with Crippen LogP contribution in [0.1, 0.15) is 12.5 Å². The number of rotatable bonds is 6. The molecule has 0 spiro atoms. The number of hydrogen-bond acceptors (Lipinski definition) is 4. The van der Waals surface area contributed by atoms with E-state index in [9.17, 15) is 8.42 Å². The van der Waals surface area contributed by atoms with E-state index in [-0.39, 0.29) is 4.90 Å². The molecule has 0 atom stereocenters. The summed E-state index contributed by atoms with van der Waals surface area (Å²) in [6.45, 7) is 4.28. The van der Waals surface area contributed by atoms with Crippen molar-refractivity contribution < 1.29 is 17.9 Å². The van der Waals surface area contributed by atoms with E-state index in [2.05, 4.69) is 0 Å². The van der Waals surface area contributed by atoms with Crippen molar-refractivity contribution >= 4 is 15.7 Å². The van der Waals surface area contributed by atoms with Crippen LogP contribution >= 0.6 is 0 Å². The SMILES string of the molecule is CCOc1ccc(N(C)S(=O)(=O)c2ccc(OC)c(C)c2)cc1. The zero-order valence-corrected chi connectivity index (χ0v) is 14.6. The van der Waals surface area contributed by atoms with Gasteiger partial charge in [-0.15, -0.1) is 0 Å². The molecule has 0 N–H and O–H groups in total. The van der Waals surface area contributed by atoms with Gasteiger partial charge in [0.25, 0.3) is 10.0 Å². The van der Waals surface area contributed by atoms with E-state index in [0.717, 1.165) is 5.56 Å². The van der Waals surface area contributed by atoms with Gasteiger partial charge >= 0.3 is 0 Å². The highest BCUT2D eigenvalue weighted by Crippen LogP contribution is 2.27. The summed E-state index contributed by atoms with van der Waals surface area (Å²) in [5.74, 6) is 1.37. The number of anilines is 1. The predicted octanol–water partition coefficient (Wildman–Crippen LogP) is 3.23. The molecule has 0 fully saturated rings. The first-order chi connectivity index (χ1) is 10.9. The van der Waals surface area contributed by atoms with Crippen LogP contribution in [0.5, 0.6) is 11.5 Å². The average Bonchev–Trinajstić information content (AvgIpc) is 2.55. The molecule has 0 amide bonds. The van der Waals surface area contributed by atoms with E-state index in [1.807, 2.05) is 13.8 Å². The van der Waals surface area contributed by atoms with Gasteiger partial charge in [0.15, 0.2) is 0 Å².